The first-order valence-electron chi connectivity index (χ1n) is 7.15. The van der Waals surface area contributed by atoms with Gasteiger partial charge in [-0.25, -0.2) is 8.78 Å². The summed E-state index contributed by atoms with van der Waals surface area (Å²) in [5, 5.41) is 0. The topological polar surface area (TPSA) is 62.8 Å². The fourth-order valence-electron chi connectivity index (χ4n) is 2.33. The van der Waals surface area contributed by atoms with Gasteiger partial charge in [-0.15, -0.1) is 0 Å². The molecular weight excluding hydrogens is 314 g/mol. The lowest BCUT2D eigenvalue weighted by Crippen LogP contribution is -2.07. The standard InChI is InChI=1S/C18H12F2N2O2/c19-13-2-1-3-14(20)17(13)18(24)12-9-15(22-10-12)16(23)8-11-4-6-21-7-5-11/h1-7,9-10,22H,8H2. The number of halogens is 2. The van der Waals surface area contributed by atoms with Crippen molar-refractivity contribution in [2.24, 2.45) is 0 Å². The largest absolute Gasteiger partial charge is 0.358 e. The molecule has 4 nitrogen and oxygen atoms in total. The number of ketones is 2. The van der Waals surface area contributed by atoms with E-state index in [0.29, 0.717) is 0 Å². The van der Waals surface area contributed by atoms with E-state index in [1.54, 1.807) is 24.5 Å². The Bertz CT molecular complexity index is 884. The first-order chi connectivity index (χ1) is 11.6. The Morgan fingerprint density at radius 2 is 1.71 bits per heavy atom. The van der Waals surface area contributed by atoms with E-state index in [4.69, 9.17) is 0 Å². The second-order valence-corrected chi connectivity index (χ2v) is 5.18. The highest BCUT2D eigenvalue weighted by Gasteiger charge is 2.21. The molecule has 2 heterocycles. The normalized spacial score (nSPS) is 10.6. The van der Waals surface area contributed by atoms with Crippen LogP contribution in [0.4, 0.5) is 8.78 Å². The molecule has 1 N–H and O–H groups in total. The molecule has 0 aliphatic rings. The van der Waals surface area contributed by atoms with Crippen molar-refractivity contribution >= 4 is 11.6 Å². The third-order valence-electron chi connectivity index (χ3n) is 3.55. The number of pyridine rings is 1. The van der Waals surface area contributed by atoms with Crippen molar-refractivity contribution in [3.05, 3.63) is 89.0 Å². The van der Waals surface area contributed by atoms with Crippen LogP contribution in [0.15, 0.2) is 55.0 Å². The Balaban J connectivity index is 1.83. The van der Waals surface area contributed by atoms with Gasteiger partial charge in [-0.05, 0) is 35.9 Å². The quantitative estimate of drug-likeness (QED) is 0.731. The molecule has 0 fully saturated rings. The lowest BCUT2D eigenvalue weighted by Gasteiger charge is -2.01. The number of carbonyl (C=O) groups is 2. The third kappa shape index (κ3) is 3.12. The Morgan fingerprint density at radius 3 is 2.38 bits per heavy atom. The molecule has 6 heteroatoms. The highest BCUT2D eigenvalue weighted by molar-refractivity contribution is 6.10. The molecule has 0 unspecified atom stereocenters. The number of nitrogens with one attached hydrogen (secondary N) is 1. The zero-order chi connectivity index (χ0) is 17.1. The molecular formula is C18H12F2N2O2. The highest BCUT2D eigenvalue weighted by atomic mass is 19.1. The minimum atomic E-state index is -0.939. The maximum Gasteiger partial charge on any atom is 0.200 e. The van der Waals surface area contributed by atoms with E-state index in [1.165, 1.54) is 18.3 Å². The van der Waals surface area contributed by atoms with E-state index < -0.39 is 23.0 Å². The second-order valence-electron chi connectivity index (χ2n) is 5.18. The van der Waals surface area contributed by atoms with Crippen molar-refractivity contribution in [1.82, 2.24) is 9.97 Å². The fourth-order valence-corrected chi connectivity index (χ4v) is 2.33. The molecule has 0 amide bonds. The van der Waals surface area contributed by atoms with Gasteiger partial charge < -0.3 is 4.98 Å². The van der Waals surface area contributed by atoms with E-state index in [-0.39, 0.29) is 23.5 Å². The van der Waals surface area contributed by atoms with Crippen molar-refractivity contribution in [2.45, 2.75) is 6.42 Å². The molecule has 1 aromatic carbocycles. The van der Waals surface area contributed by atoms with Gasteiger partial charge in [-0.3, -0.25) is 14.6 Å². The van der Waals surface area contributed by atoms with Crippen LogP contribution < -0.4 is 0 Å². The van der Waals surface area contributed by atoms with Crippen LogP contribution >= 0.6 is 0 Å². The van der Waals surface area contributed by atoms with Crippen molar-refractivity contribution in [3.8, 4) is 0 Å². The first-order valence-corrected chi connectivity index (χ1v) is 7.15. The average molecular weight is 326 g/mol. The van der Waals surface area contributed by atoms with Gasteiger partial charge in [0.05, 0.1) is 11.3 Å². The Kier molecular flexibility index (Phi) is 4.29. The maximum atomic E-state index is 13.7. The zero-order valence-corrected chi connectivity index (χ0v) is 12.4. The zero-order valence-electron chi connectivity index (χ0n) is 12.4. The molecule has 24 heavy (non-hydrogen) atoms. The van der Waals surface area contributed by atoms with Crippen LogP contribution in [0.25, 0.3) is 0 Å². The van der Waals surface area contributed by atoms with Gasteiger partial charge in [0.1, 0.15) is 11.6 Å². The molecule has 0 aliphatic heterocycles. The minimum absolute atomic E-state index is 0.0251. The van der Waals surface area contributed by atoms with Crippen molar-refractivity contribution in [3.63, 3.8) is 0 Å². The number of hydrogen-bond donors (Lipinski definition) is 1. The number of aromatic amines is 1. The number of benzene rings is 1. The molecule has 0 saturated heterocycles. The van der Waals surface area contributed by atoms with Gasteiger partial charge in [0, 0.05) is 30.6 Å². The summed E-state index contributed by atoms with van der Waals surface area (Å²) in [6.45, 7) is 0. The van der Waals surface area contributed by atoms with Gasteiger partial charge in [-0.1, -0.05) is 6.07 Å². The number of rotatable bonds is 5. The monoisotopic (exact) mass is 326 g/mol. The number of hydrogen-bond acceptors (Lipinski definition) is 3. The van der Waals surface area contributed by atoms with Gasteiger partial charge in [0.15, 0.2) is 11.6 Å². The van der Waals surface area contributed by atoms with E-state index in [2.05, 4.69) is 9.97 Å². The van der Waals surface area contributed by atoms with Crippen LogP contribution in [0.2, 0.25) is 0 Å². The van der Waals surface area contributed by atoms with E-state index in [1.807, 2.05) is 0 Å². The molecule has 0 saturated carbocycles. The Labute approximate surface area is 136 Å². The molecule has 3 rings (SSSR count). The van der Waals surface area contributed by atoms with E-state index in [0.717, 1.165) is 17.7 Å². The number of aromatic nitrogens is 2. The van der Waals surface area contributed by atoms with Crippen LogP contribution in [0.3, 0.4) is 0 Å². The summed E-state index contributed by atoms with van der Waals surface area (Å²) >= 11 is 0. The highest BCUT2D eigenvalue weighted by Crippen LogP contribution is 2.18. The average Bonchev–Trinajstić information content (AvgIpc) is 3.05. The van der Waals surface area contributed by atoms with Gasteiger partial charge >= 0.3 is 0 Å². The summed E-state index contributed by atoms with van der Waals surface area (Å²) in [6.07, 6.45) is 4.55. The summed E-state index contributed by atoms with van der Waals surface area (Å²) in [5.41, 5.74) is 0.367. The molecule has 3 aromatic rings. The van der Waals surface area contributed by atoms with Crippen LogP contribution in [0.1, 0.15) is 32.0 Å². The first kappa shape index (κ1) is 15.7. The van der Waals surface area contributed by atoms with Crippen molar-refractivity contribution in [2.75, 3.05) is 0 Å². The van der Waals surface area contributed by atoms with Crippen molar-refractivity contribution < 1.29 is 18.4 Å². The molecule has 0 spiro atoms. The minimum Gasteiger partial charge on any atom is -0.358 e. The lowest BCUT2D eigenvalue weighted by molar-refractivity contribution is 0.0988. The third-order valence-corrected chi connectivity index (χ3v) is 3.55. The van der Waals surface area contributed by atoms with Gasteiger partial charge in [-0.2, -0.15) is 0 Å². The second kappa shape index (κ2) is 6.54. The van der Waals surface area contributed by atoms with Crippen LogP contribution in [0, 0.1) is 11.6 Å². The maximum absolute atomic E-state index is 13.7. The molecule has 0 radical (unpaired) electrons. The van der Waals surface area contributed by atoms with Crippen LogP contribution in [-0.2, 0) is 6.42 Å². The molecule has 0 atom stereocenters. The Hall–Kier alpha value is -3.15. The molecule has 0 aliphatic carbocycles. The summed E-state index contributed by atoms with van der Waals surface area (Å²) in [7, 11) is 0. The van der Waals surface area contributed by atoms with E-state index in [9.17, 15) is 18.4 Å². The smallest absolute Gasteiger partial charge is 0.200 e. The predicted molar refractivity (Wildman–Crippen MR) is 82.9 cm³/mol. The van der Waals surface area contributed by atoms with Crippen LogP contribution in [-0.4, -0.2) is 21.5 Å². The van der Waals surface area contributed by atoms with Gasteiger partial charge in [0.25, 0.3) is 0 Å². The Morgan fingerprint density at radius 1 is 1.04 bits per heavy atom. The van der Waals surface area contributed by atoms with Crippen molar-refractivity contribution in [1.29, 1.82) is 0 Å². The predicted octanol–water partition coefficient (Wildman–Crippen LogP) is 3.34. The van der Waals surface area contributed by atoms with E-state index >= 15 is 0 Å². The lowest BCUT2D eigenvalue weighted by atomic mass is 10.0. The molecule has 120 valence electrons. The summed E-state index contributed by atoms with van der Waals surface area (Å²) in [6, 6.07) is 7.93. The summed E-state index contributed by atoms with van der Waals surface area (Å²) in [4.78, 5) is 31.0. The summed E-state index contributed by atoms with van der Waals surface area (Å²) < 4.78 is 27.4. The number of H-pyrrole nitrogens is 1. The molecule has 0 bridgehead atoms. The van der Waals surface area contributed by atoms with Crippen LogP contribution in [0.5, 0.6) is 0 Å². The van der Waals surface area contributed by atoms with Gasteiger partial charge in [0.2, 0.25) is 0 Å². The number of Topliss-reactive ketones (excluding diaryl/α,β-unsaturated/α-hetero) is 1. The number of carbonyl (C=O) groups excluding carboxylic acids is 2. The molecule has 2 aromatic heterocycles. The fraction of sp³-hybridized carbons (Fsp3) is 0.0556. The SMILES string of the molecule is O=C(Cc1ccncc1)c1cc(C(=O)c2c(F)cccc2F)c[nH]1. The number of nitrogens with zero attached hydrogens (tertiary/aromatic N) is 1. The summed E-state index contributed by atoms with van der Waals surface area (Å²) in [5.74, 6) is -2.93.